The maximum Gasteiger partial charge on any atom is 0.362 e. The Morgan fingerprint density at radius 1 is 1.35 bits per heavy atom. The minimum atomic E-state index is -0.667. The van der Waals surface area contributed by atoms with E-state index < -0.39 is 11.9 Å². The summed E-state index contributed by atoms with van der Waals surface area (Å²) in [5.41, 5.74) is 0.881. The number of oxazole rings is 1. The third-order valence-electron chi connectivity index (χ3n) is 3.89. The van der Waals surface area contributed by atoms with Gasteiger partial charge >= 0.3 is 5.97 Å². The number of hydrogen-bond donors (Lipinski definition) is 1. The van der Waals surface area contributed by atoms with Gasteiger partial charge in [0.05, 0.1) is 12.5 Å². The van der Waals surface area contributed by atoms with Gasteiger partial charge in [0.1, 0.15) is 19.0 Å². The van der Waals surface area contributed by atoms with E-state index in [1.807, 2.05) is 24.3 Å². The van der Waals surface area contributed by atoms with Crippen LogP contribution in [-0.4, -0.2) is 37.2 Å². The van der Waals surface area contributed by atoms with E-state index in [1.165, 1.54) is 7.11 Å². The van der Waals surface area contributed by atoms with E-state index >= 15 is 0 Å². The largest absolute Gasteiger partial charge is 0.492 e. The van der Waals surface area contributed by atoms with Crippen LogP contribution in [0.3, 0.4) is 0 Å². The molecule has 1 aromatic carbocycles. The Kier molecular flexibility index (Phi) is 5.52. The summed E-state index contributed by atoms with van der Waals surface area (Å²) in [6.45, 7) is 2.19. The average Bonchev–Trinajstić information content (AvgIpc) is 3.04. The highest BCUT2D eigenvalue weighted by atomic mass is 16.5. The van der Waals surface area contributed by atoms with E-state index in [1.54, 1.807) is 6.92 Å². The van der Waals surface area contributed by atoms with Crippen molar-refractivity contribution in [2.24, 2.45) is 5.92 Å². The van der Waals surface area contributed by atoms with Crippen LogP contribution in [-0.2, 0) is 27.3 Å². The summed E-state index contributed by atoms with van der Waals surface area (Å²) in [7, 11) is 1.48. The zero-order valence-electron chi connectivity index (χ0n) is 14.6. The molecule has 1 amide bonds. The second-order valence-electron chi connectivity index (χ2n) is 5.75. The topological polar surface area (TPSA) is 99.9 Å². The third kappa shape index (κ3) is 3.85. The van der Waals surface area contributed by atoms with Gasteiger partial charge in [0, 0.05) is 7.11 Å². The van der Waals surface area contributed by atoms with E-state index in [-0.39, 0.29) is 43.2 Å². The Bertz CT molecular complexity index is 801. The lowest BCUT2D eigenvalue weighted by Gasteiger charge is -2.24. The molecule has 1 N–H and O–H groups in total. The van der Waals surface area contributed by atoms with Crippen LogP contribution in [0, 0.1) is 5.92 Å². The Morgan fingerprint density at radius 3 is 2.92 bits per heavy atom. The summed E-state index contributed by atoms with van der Waals surface area (Å²) in [6.07, 6.45) is 0.538. The number of rotatable bonds is 6. The molecule has 0 radical (unpaired) electrons. The van der Waals surface area contributed by atoms with Gasteiger partial charge in [-0.05, 0) is 25.0 Å². The van der Waals surface area contributed by atoms with Crippen LogP contribution < -0.4 is 10.1 Å². The smallest absolute Gasteiger partial charge is 0.362 e. The molecule has 2 aromatic rings. The molecule has 8 heteroatoms. The first-order valence-electron chi connectivity index (χ1n) is 8.29. The first kappa shape index (κ1) is 17.9. The average molecular weight is 360 g/mol. The highest BCUT2D eigenvalue weighted by molar-refractivity contribution is 5.99. The minimum Gasteiger partial charge on any atom is -0.492 e. The number of para-hydroxylation sites is 1. The van der Waals surface area contributed by atoms with Gasteiger partial charge < -0.3 is 18.6 Å². The van der Waals surface area contributed by atoms with Crippen LogP contribution in [0.25, 0.3) is 0 Å². The van der Waals surface area contributed by atoms with Gasteiger partial charge in [0.15, 0.2) is 0 Å². The van der Waals surface area contributed by atoms with Gasteiger partial charge in [-0.15, -0.1) is 0 Å². The van der Waals surface area contributed by atoms with E-state index in [2.05, 4.69) is 10.3 Å². The van der Waals surface area contributed by atoms with E-state index in [4.69, 9.17) is 18.6 Å². The van der Waals surface area contributed by atoms with Crippen molar-refractivity contribution >= 4 is 17.8 Å². The fraction of sp³-hybridized carbons (Fsp3) is 0.389. The molecule has 0 bridgehead atoms. The molecule has 2 heterocycles. The molecule has 3 rings (SSSR count). The van der Waals surface area contributed by atoms with E-state index in [0.717, 1.165) is 11.3 Å². The zero-order chi connectivity index (χ0) is 18.5. The molecule has 0 fully saturated rings. The predicted octanol–water partition coefficient (Wildman–Crippen LogP) is 2.19. The summed E-state index contributed by atoms with van der Waals surface area (Å²) in [5, 5.41) is 2.62. The van der Waals surface area contributed by atoms with Gasteiger partial charge in [-0.2, -0.15) is 0 Å². The molecule has 1 aliphatic heterocycles. The van der Waals surface area contributed by atoms with Crippen molar-refractivity contribution < 1.29 is 28.2 Å². The van der Waals surface area contributed by atoms with Crippen LogP contribution >= 0.6 is 0 Å². The quantitative estimate of drug-likeness (QED) is 0.788. The second kappa shape index (κ2) is 8.01. The van der Waals surface area contributed by atoms with Crippen molar-refractivity contribution in [1.82, 2.24) is 4.98 Å². The zero-order valence-corrected chi connectivity index (χ0v) is 14.6. The number of hydrogen-bond acceptors (Lipinski definition) is 7. The maximum atomic E-state index is 12.6. The molecular formula is C18H20N2O6. The number of nitrogens with one attached hydrogen (secondary N) is 1. The maximum absolute atomic E-state index is 12.6. The molecule has 1 unspecified atom stereocenters. The molecule has 0 saturated carbocycles. The number of aromatic nitrogens is 1. The van der Waals surface area contributed by atoms with E-state index in [0.29, 0.717) is 6.42 Å². The fourth-order valence-electron chi connectivity index (χ4n) is 2.68. The normalized spacial score (nSPS) is 15.7. The number of carbonyl (C=O) groups is 2. The number of ether oxygens (including phenoxy) is 3. The molecule has 1 atom stereocenters. The summed E-state index contributed by atoms with van der Waals surface area (Å²) >= 11 is 0. The van der Waals surface area contributed by atoms with Crippen molar-refractivity contribution in [3.8, 4) is 5.75 Å². The highest BCUT2D eigenvalue weighted by Crippen LogP contribution is 2.28. The first-order chi connectivity index (χ1) is 12.6. The van der Waals surface area contributed by atoms with Crippen molar-refractivity contribution in [3.63, 3.8) is 0 Å². The van der Waals surface area contributed by atoms with Crippen molar-refractivity contribution in [3.05, 3.63) is 41.4 Å². The number of carbonyl (C=O) groups excluding carboxylic acids is 2. The number of anilines is 1. The molecule has 26 heavy (non-hydrogen) atoms. The summed E-state index contributed by atoms with van der Waals surface area (Å²) in [6, 6.07) is 7.57. The number of amides is 1. The first-order valence-corrected chi connectivity index (χ1v) is 8.29. The van der Waals surface area contributed by atoms with Gasteiger partial charge in [0.25, 0.3) is 0 Å². The number of esters is 1. The molecule has 8 nitrogen and oxygen atoms in total. The molecule has 138 valence electrons. The summed E-state index contributed by atoms with van der Waals surface area (Å²) < 4.78 is 21.0. The molecule has 1 aromatic heterocycles. The molecule has 0 aliphatic carbocycles. The standard InChI is InChI=1S/C18H20N2O6/c1-3-24-18(22)15-17(26-14(19-15)10-23-2)20-16(21)12-8-11-6-4-5-7-13(11)25-9-12/h4-7,12H,3,8-10H2,1-2H3,(H,20,21). The lowest BCUT2D eigenvalue weighted by Crippen LogP contribution is -2.32. The van der Waals surface area contributed by atoms with Crippen LogP contribution in [0.1, 0.15) is 28.9 Å². The Morgan fingerprint density at radius 2 is 2.15 bits per heavy atom. The number of fused-ring (bicyclic) bond motifs is 1. The Balaban J connectivity index is 1.75. The Hall–Kier alpha value is -2.87. The van der Waals surface area contributed by atoms with Crippen LogP contribution in [0.4, 0.5) is 5.88 Å². The molecule has 0 spiro atoms. The highest BCUT2D eigenvalue weighted by Gasteiger charge is 2.29. The summed E-state index contributed by atoms with van der Waals surface area (Å²) in [4.78, 5) is 28.7. The minimum absolute atomic E-state index is 0.0423. The van der Waals surface area contributed by atoms with Crippen molar-refractivity contribution in [2.75, 3.05) is 25.6 Å². The fourth-order valence-corrected chi connectivity index (χ4v) is 2.68. The SMILES string of the molecule is CCOC(=O)c1nc(COC)oc1NC(=O)C1COc2ccccc2C1. The lowest BCUT2D eigenvalue weighted by molar-refractivity contribution is -0.121. The van der Waals surface area contributed by atoms with Crippen LogP contribution in [0.2, 0.25) is 0 Å². The molecular weight excluding hydrogens is 340 g/mol. The van der Waals surface area contributed by atoms with Gasteiger partial charge in [0.2, 0.25) is 23.4 Å². The lowest BCUT2D eigenvalue weighted by atomic mass is 9.96. The number of benzene rings is 1. The third-order valence-corrected chi connectivity index (χ3v) is 3.89. The molecule has 0 saturated heterocycles. The monoisotopic (exact) mass is 360 g/mol. The van der Waals surface area contributed by atoms with E-state index in [9.17, 15) is 9.59 Å². The van der Waals surface area contributed by atoms with Crippen LogP contribution in [0.5, 0.6) is 5.75 Å². The summed E-state index contributed by atoms with van der Waals surface area (Å²) in [5.74, 6) is -0.471. The number of methoxy groups -OCH3 is 1. The second-order valence-corrected chi connectivity index (χ2v) is 5.75. The van der Waals surface area contributed by atoms with Gasteiger partial charge in [-0.3, -0.25) is 10.1 Å². The Labute approximate surface area is 150 Å². The van der Waals surface area contributed by atoms with Crippen LogP contribution in [0.15, 0.2) is 28.7 Å². The van der Waals surface area contributed by atoms with Crippen molar-refractivity contribution in [1.29, 1.82) is 0 Å². The number of nitrogens with zero attached hydrogens (tertiary/aromatic N) is 1. The van der Waals surface area contributed by atoms with Gasteiger partial charge in [-0.1, -0.05) is 18.2 Å². The van der Waals surface area contributed by atoms with Crippen molar-refractivity contribution in [2.45, 2.75) is 20.0 Å². The molecule has 1 aliphatic rings. The van der Waals surface area contributed by atoms with Gasteiger partial charge in [-0.25, -0.2) is 9.78 Å². The predicted molar refractivity (Wildman–Crippen MR) is 90.9 cm³/mol.